The highest BCUT2D eigenvalue weighted by Crippen LogP contribution is 2.23. The average molecular weight is 288 g/mol. The van der Waals surface area contributed by atoms with Crippen molar-refractivity contribution < 1.29 is 9.63 Å². The highest BCUT2D eigenvalue weighted by molar-refractivity contribution is 5.81. The van der Waals surface area contributed by atoms with Crippen LogP contribution in [0.2, 0.25) is 0 Å². The normalized spacial score (nSPS) is 22.2. The maximum Gasteiger partial charge on any atom is 0.261 e. The van der Waals surface area contributed by atoms with E-state index in [1.165, 1.54) is 19.3 Å². The van der Waals surface area contributed by atoms with Gasteiger partial charge in [-0.3, -0.25) is 4.79 Å². The van der Waals surface area contributed by atoms with Gasteiger partial charge in [0.15, 0.2) is 6.61 Å². The van der Waals surface area contributed by atoms with Gasteiger partial charge in [-0.1, -0.05) is 49.2 Å². The number of aryl methyl sites for hydroxylation is 1. The van der Waals surface area contributed by atoms with Crippen LogP contribution >= 0.6 is 0 Å². The number of hydrogen-bond acceptors (Lipinski definition) is 3. The number of carbonyl (C=O) groups is 1. The molecular weight excluding hydrogens is 264 g/mol. The van der Waals surface area contributed by atoms with E-state index in [-0.39, 0.29) is 18.6 Å². The van der Waals surface area contributed by atoms with E-state index in [0.717, 1.165) is 17.5 Å². The quantitative estimate of drug-likeness (QED) is 0.669. The second kappa shape index (κ2) is 7.81. The number of carbonyl (C=O) groups excluding carboxylic acids is 1. The van der Waals surface area contributed by atoms with Crippen LogP contribution in [0, 0.1) is 12.8 Å². The van der Waals surface area contributed by atoms with E-state index in [9.17, 15) is 4.79 Å². The summed E-state index contributed by atoms with van der Waals surface area (Å²) < 4.78 is 0. The van der Waals surface area contributed by atoms with E-state index in [1.807, 2.05) is 31.2 Å². The first-order valence-electron chi connectivity index (χ1n) is 7.67. The van der Waals surface area contributed by atoms with Crippen molar-refractivity contribution in [2.24, 2.45) is 11.1 Å². The summed E-state index contributed by atoms with van der Waals surface area (Å²) in [5.41, 5.74) is 2.13. The third-order valence-corrected chi connectivity index (χ3v) is 4.11. The molecule has 1 aliphatic carbocycles. The van der Waals surface area contributed by atoms with Gasteiger partial charge in [0.1, 0.15) is 0 Å². The van der Waals surface area contributed by atoms with Gasteiger partial charge < -0.3 is 10.2 Å². The molecule has 114 valence electrons. The molecule has 0 saturated heterocycles. The molecule has 0 unspecified atom stereocenters. The highest BCUT2D eigenvalue weighted by Gasteiger charge is 2.22. The topological polar surface area (TPSA) is 50.7 Å². The fourth-order valence-corrected chi connectivity index (χ4v) is 2.70. The Bertz CT molecular complexity index is 499. The molecule has 2 rings (SSSR count). The van der Waals surface area contributed by atoms with Gasteiger partial charge in [-0.05, 0) is 36.8 Å². The summed E-state index contributed by atoms with van der Waals surface area (Å²) in [6, 6.07) is 8.19. The number of nitrogens with zero attached hydrogens (tertiary/aromatic N) is 1. The van der Waals surface area contributed by atoms with E-state index in [1.54, 1.807) is 6.21 Å². The summed E-state index contributed by atoms with van der Waals surface area (Å²) >= 11 is 0. The standard InChI is InChI=1S/C17H24N2O2/c1-13-7-3-5-9-15(13)11-18-21-12-17(20)19-16-10-6-4-8-14(16)2/h3,5,7,9,11,14,16H,4,6,8,10,12H2,1-2H3,(H,19,20)/b18-11-/t14-,16+/m1/s1. The summed E-state index contributed by atoms with van der Waals surface area (Å²) in [6.07, 6.45) is 6.37. The Morgan fingerprint density at radius 3 is 2.90 bits per heavy atom. The van der Waals surface area contributed by atoms with Crippen molar-refractivity contribution in [3.63, 3.8) is 0 Å². The molecule has 0 radical (unpaired) electrons. The van der Waals surface area contributed by atoms with E-state index in [4.69, 9.17) is 4.84 Å². The van der Waals surface area contributed by atoms with Crippen LogP contribution in [0.15, 0.2) is 29.4 Å². The molecule has 4 heteroatoms. The molecule has 1 aromatic rings. The lowest BCUT2D eigenvalue weighted by molar-refractivity contribution is -0.126. The lowest BCUT2D eigenvalue weighted by Crippen LogP contribution is -2.42. The molecule has 1 aromatic carbocycles. The van der Waals surface area contributed by atoms with Gasteiger partial charge in [-0.15, -0.1) is 0 Å². The first-order valence-corrected chi connectivity index (χ1v) is 7.67. The number of benzene rings is 1. The second-order valence-electron chi connectivity index (χ2n) is 5.80. The Hall–Kier alpha value is -1.84. The van der Waals surface area contributed by atoms with Crippen LogP contribution in [0.3, 0.4) is 0 Å². The Kier molecular flexibility index (Phi) is 5.78. The monoisotopic (exact) mass is 288 g/mol. The van der Waals surface area contributed by atoms with Crippen LogP contribution in [0.5, 0.6) is 0 Å². The predicted octanol–water partition coefficient (Wildman–Crippen LogP) is 3.04. The van der Waals surface area contributed by atoms with Crippen molar-refractivity contribution in [2.75, 3.05) is 6.61 Å². The van der Waals surface area contributed by atoms with Gasteiger partial charge in [0.05, 0.1) is 6.21 Å². The molecule has 1 N–H and O–H groups in total. The lowest BCUT2D eigenvalue weighted by atomic mass is 9.86. The van der Waals surface area contributed by atoms with Gasteiger partial charge in [-0.25, -0.2) is 0 Å². The second-order valence-corrected chi connectivity index (χ2v) is 5.80. The van der Waals surface area contributed by atoms with Crippen LogP contribution in [0.25, 0.3) is 0 Å². The van der Waals surface area contributed by atoms with Crippen molar-refractivity contribution >= 4 is 12.1 Å². The highest BCUT2D eigenvalue weighted by atomic mass is 16.6. The minimum atomic E-state index is -0.0873. The lowest BCUT2D eigenvalue weighted by Gasteiger charge is -2.29. The van der Waals surface area contributed by atoms with Crippen molar-refractivity contribution in [1.29, 1.82) is 0 Å². The molecule has 4 nitrogen and oxygen atoms in total. The molecule has 0 bridgehead atoms. The summed E-state index contributed by atoms with van der Waals surface area (Å²) in [5.74, 6) is 0.467. The van der Waals surface area contributed by atoms with Gasteiger partial charge in [0, 0.05) is 6.04 Å². The van der Waals surface area contributed by atoms with E-state index < -0.39 is 0 Å². The van der Waals surface area contributed by atoms with Crippen LogP contribution in [0.4, 0.5) is 0 Å². The fourth-order valence-electron chi connectivity index (χ4n) is 2.70. The molecule has 1 amide bonds. The van der Waals surface area contributed by atoms with Crippen molar-refractivity contribution in [3.05, 3.63) is 35.4 Å². The molecule has 0 aromatic heterocycles. The van der Waals surface area contributed by atoms with Crippen LogP contribution < -0.4 is 5.32 Å². The van der Waals surface area contributed by atoms with E-state index in [0.29, 0.717) is 5.92 Å². The van der Waals surface area contributed by atoms with E-state index >= 15 is 0 Å². The molecular formula is C17H24N2O2. The van der Waals surface area contributed by atoms with E-state index in [2.05, 4.69) is 17.4 Å². The van der Waals surface area contributed by atoms with Crippen LogP contribution in [-0.2, 0) is 9.63 Å². The Labute approximate surface area is 126 Å². The fraction of sp³-hybridized carbons (Fsp3) is 0.529. The van der Waals surface area contributed by atoms with Gasteiger partial charge in [0.2, 0.25) is 0 Å². The molecule has 1 aliphatic rings. The largest absolute Gasteiger partial charge is 0.386 e. The zero-order chi connectivity index (χ0) is 15.1. The third kappa shape index (κ3) is 4.88. The van der Waals surface area contributed by atoms with Gasteiger partial charge >= 0.3 is 0 Å². The molecule has 1 saturated carbocycles. The van der Waals surface area contributed by atoms with Gasteiger partial charge in [-0.2, -0.15) is 0 Å². The number of hydrogen-bond donors (Lipinski definition) is 1. The predicted molar refractivity (Wildman–Crippen MR) is 84.3 cm³/mol. The Morgan fingerprint density at radius 1 is 1.38 bits per heavy atom. The number of oxime groups is 1. The van der Waals surface area contributed by atoms with Crippen LogP contribution in [0.1, 0.15) is 43.7 Å². The summed E-state index contributed by atoms with van der Waals surface area (Å²) in [4.78, 5) is 16.9. The average Bonchev–Trinajstić information content (AvgIpc) is 2.48. The minimum absolute atomic E-state index is 0.0222. The summed E-state index contributed by atoms with van der Waals surface area (Å²) in [7, 11) is 0. The SMILES string of the molecule is Cc1ccccc1/C=N\OCC(=O)N[C@H]1CCCC[C@H]1C. The molecule has 2 atom stereocenters. The first kappa shape index (κ1) is 15.5. The molecule has 0 heterocycles. The summed E-state index contributed by atoms with van der Waals surface area (Å²) in [6.45, 7) is 4.19. The van der Waals surface area contributed by atoms with Crippen molar-refractivity contribution in [2.45, 2.75) is 45.6 Å². The maximum absolute atomic E-state index is 11.8. The minimum Gasteiger partial charge on any atom is -0.386 e. The van der Waals surface area contributed by atoms with Crippen molar-refractivity contribution in [3.8, 4) is 0 Å². The maximum atomic E-state index is 11.8. The number of rotatable bonds is 5. The number of amides is 1. The zero-order valence-corrected chi connectivity index (χ0v) is 12.8. The van der Waals surface area contributed by atoms with Crippen molar-refractivity contribution in [1.82, 2.24) is 5.32 Å². The summed E-state index contributed by atoms with van der Waals surface area (Å²) in [5, 5.41) is 6.91. The third-order valence-electron chi connectivity index (χ3n) is 4.11. The van der Waals surface area contributed by atoms with Gasteiger partial charge in [0.25, 0.3) is 5.91 Å². The smallest absolute Gasteiger partial charge is 0.261 e. The van der Waals surface area contributed by atoms with Crippen LogP contribution in [-0.4, -0.2) is 24.8 Å². The Balaban J connectivity index is 1.73. The Morgan fingerprint density at radius 2 is 2.14 bits per heavy atom. The number of nitrogens with one attached hydrogen (secondary N) is 1. The zero-order valence-electron chi connectivity index (χ0n) is 12.8. The molecule has 1 fully saturated rings. The molecule has 0 aliphatic heterocycles. The molecule has 21 heavy (non-hydrogen) atoms. The molecule has 0 spiro atoms. The first-order chi connectivity index (χ1) is 10.2.